The molecule has 0 atom stereocenters. The largest absolute Gasteiger partial charge is 0.379 e. The number of imidazole rings is 1. The first-order chi connectivity index (χ1) is 13.5. The van der Waals surface area contributed by atoms with Crippen molar-refractivity contribution in [3.63, 3.8) is 0 Å². The van der Waals surface area contributed by atoms with E-state index < -0.39 is 0 Å². The number of hydrogen-bond donors (Lipinski definition) is 1. The number of hydrogen-bond acceptors (Lipinski definition) is 7. The van der Waals surface area contributed by atoms with Crippen molar-refractivity contribution < 1.29 is 4.74 Å². The van der Waals surface area contributed by atoms with Gasteiger partial charge in [0, 0.05) is 39.8 Å². The third kappa shape index (κ3) is 2.73. The van der Waals surface area contributed by atoms with E-state index in [1.54, 1.807) is 11.6 Å². The summed E-state index contributed by atoms with van der Waals surface area (Å²) in [4.78, 5) is 32.3. The van der Waals surface area contributed by atoms with Gasteiger partial charge in [-0.15, -0.1) is 5.10 Å². The normalized spacial score (nSPS) is 18.5. The van der Waals surface area contributed by atoms with Gasteiger partial charge in [0.2, 0.25) is 5.95 Å². The molecule has 1 aliphatic heterocycles. The Morgan fingerprint density at radius 3 is 2.57 bits per heavy atom. The molecular formula is C17H24N8O3. The Balaban J connectivity index is 1.61. The van der Waals surface area contributed by atoms with Crippen LogP contribution in [-0.4, -0.2) is 66.0 Å². The first-order valence-corrected chi connectivity index (χ1v) is 9.69. The van der Waals surface area contributed by atoms with E-state index in [0.29, 0.717) is 49.0 Å². The van der Waals surface area contributed by atoms with Crippen LogP contribution in [-0.2, 0) is 24.9 Å². The van der Waals surface area contributed by atoms with Gasteiger partial charge in [-0.05, 0) is 18.8 Å². The zero-order valence-corrected chi connectivity index (χ0v) is 15.9. The fraction of sp³-hybridized carbons (Fsp3) is 0.647. The topological polar surface area (TPSA) is 118 Å². The molecule has 0 amide bonds. The van der Waals surface area contributed by atoms with Crippen molar-refractivity contribution in [3.05, 3.63) is 21.0 Å². The lowest BCUT2D eigenvalue weighted by Crippen LogP contribution is -2.39. The van der Waals surface area contributed by atoms with Crippen molar-refractivity contribution in [2.75, 3.05) is 38.6 Å². The van der Waals surface area contributed by atoms with E-state index in [4.69, 9.17) is 10.5 Å². The van der Waals surface area contributed by atoms with Crippen molar-refractivity contribution >= 4 is 22.8 Å². The molecule has 3 aromatic rings. The molecule has 11 heteroatoms. The molecule has 2 N–H and O–H groups in total. The van der Waals surface area contributed by atoms with E-state index in [1.807, 2.05) is 0 Å². The van der Waals surface area contributed by atoms with Crippen LogP contribution >= 0.6 is 0 Å². The van der Waals surface area contributed by atoms with E-state index in [-0.39, 0.29) is 17.3 Å². The zero-order valence-electron chi connectivity index (χ0n) is 15.9. The van der Waals surface area contributed by atoms with Gasteiger partial charge in [-0.1, -0.05) is 0 Å². The summed E-state index contributed by atoms with van der Waals surface area (Å²) in [5.74, 6) is 0.550. The number of morpholine rings is 1. The zero-order chi connectivity index (χ0) is 19.4. The number of nitrogens with two attached hydrogens (primary N) is 1. The van der Waals surface area contributed by atoms with Gasteiger partial charge >= 0.3 is 11.4 Å². The number of nitrogens with zero attached hydrogens (tertiary/aromatic N) is 7. The Labute approximate surface area is 159 Å². The maximum atomic E-state index is 12.9. The molecule has 28 heavy (non-hydrogen) atoms. The van der Waals surface area contributed by atoms with Gasteiger partial charge in [0.15, 0.2) is 11.3 Å². The van der Waals surface area contributed by atoms with Crippen molar-refractivity contribution in [2.45, 2.75) is 25.9 Å². The van der Waals surface area contributed by atoms with Crippen molar-refractivity contribution in [1.82, 2.24) is 33.2 Å². The monoisotopic (exact) mass is 388 g/mol. The first-order valence-electron chi connectivity index (χ1n) is 9.69. The van der Waals surface area contributed by atoms with Crippen LogP contribution in [0.5, 0.6) is 0 Å². The maximum absolute atomic E-state index is 12.9. The average Bonchev–Trinajstić information content (AvgIpc) is 3.40. The van der Waals surface area contributed by atoms with E-state index in [0.717, 1.165) is 32.5 Å². The standard InChI is InChI=1S/C17H24N8O3/c1-21-12-13(23(16(21)26)5-4-22-6-8-28-9-7-22)19-15(18)25-14(12)20-24(17(25)27)10-11-2-3-11/h11H,2-10H2,1H3,(H2,18,19). The fourth-order valence-electron chi connectivity index (χ4n) is 3.87. The van der Waals surface area contributed by atoms with Gasteiger partial charge in [-0.3, -0.25) is 14.0 Å². The second-order valence-corrected chi connectivity index (χ2v) is 7.66. The second-order valence-electron chi connectivity index (χ2n) is 7.66. The molecule has 0 radical (unpaired) electrons. The highest BCUT2D eigenvalue weighted by atomic mass is 16.5. The summed E-state index contributed by atoms with van der Waals surface area (Å²) in [5.41, 5.74) is 6.99. The van der Waals surface area contributed by atoms with Crippen LogP contribution in [0.3, 0.4) is 0 Å². The minimum absolute atomic E-state index is 0.0558. The highest BCUT2D eigenvalue weighted by molar-refractivity contribution is 5.87. The number of aryl methyl sites for hydroxylation is 1. The first kappa shape index (κ1) is 17.4. The summed E-state index contributed by atoms with van der Waals surface area (Å²) in [7, 11) is 1.68. The third-order valence-corrected chi connectivity index (χ3v) is 5.69. The number of rotatable bonds is 5. The molecule has 1 saturated heterocycles. The Kier molecular flexibility index (Phi) is 4.02. The van der Waals surface area contributed by atoms with Crippen LogP contribution in [0.4, 0.5) is 5.95 Å². The molecule has 4 heterocycles. The minimum atomic E-state index is -0.303. The molecule has 2 fully saturated rings. The molecule has 0 bridgehead atoms. The van der Waals surface area contributed by atoms with Crippen molar-refractivity contribution in [3.8, 4) is 0 Å². The quantitative estimate of drug-likeness (QED) is 0.588. The number of ether oxygens (including phenoxy) is 1. The second kappa shape index (κ2) is 6.45. The minimum Gasteiger partial charge on any atom is -0.379 e. The molecule has 11 nitrogen and oxygen atoms in total. The van der Waals surface area contributed by atoms with E-state index in [9.17, 15) is 9.59 Å². The lowest BCUT2D eigenvalue weighted by Gasteiger charge is -2.26. The van der Waals surface area contributed by atoms with Crippen molar-refractivity contribution in [1.29, 1.82) is 0 Å². The summed E-state index contributed by atoms with van der Waals surface area (Å²) in [6.45, 7) is 4.90. The van der Waals surface area contributed by atoms with E-state index in [1.165, 1.54) is 13.6 Å². The fourth-order valence-corrected chi connectivity index (χ4v) is 3.87. The average molecular weight is 388 g/mol. The van der Waals surface area contributed by atoms with Gasteiger partial charge in [-0.25, -0.2) is 18.7 Å². The van der Waals surface area contributed by atoms with E-state index >= 15 is 0 Å². The van der Waals surface area contributed by atoms with Gasteiger partial charge in [0.05, 0.1) is 13.2 Å². The molecule has 0 unspecified atom stereocenters. The molecule has 0 aromatic carbocycles. The smallest absolute Gasteiger partial charge is 0.353 e. The van der Waals surface area contributed by atoms with Crippen LogP contribution in [0.25, 0.3) is 16.8 Å². The molecular weight excluding hydrogens is 364 g/mol. The highest BCUT2D eigenvalue weighted by Crippen LogP contribution is 2.30. The van der Waals surface area contributed by atoms with Crippen LogP contribution in [0.15, 0.2) is 9.59 Å². The van der Waals surface area contributed by atoms with Crippen LogP contribution in [0, 0.1) is 5.92 Å². The summed E-state index contributed by atoms with van der Waals surface area (Å²) in [6.07, 6.45) is 2.22. The molecule has 150 valence electrons. The maximum Gasteiger partial charge on any atom is 0.353 e. The SMILES string of the molecule is Cn1c(=O)n(CCN2CCOCC2)c2nc(N)n3c(=O)n(CC4CC4)nc3c21. The Morgan fingerprint density at radius 1 is 1.11 bits per heavy atom. The molecule has 3 aromatic heterocycles. The van der Waals surface area contributed by atoms with Crippen LogP contribution in [0.2, 0.25) is 0 Å². The van der Waals surface area contributed by atoms with E-state index in [2.05, 4.69) is 15.0 Å². The summed E-state index contributed by atoms with van der Waals surface area (Å²) < 4.78 is 11.2. The summed E-state index contributed by atoms with van der Waals surface area (Å²) in [6, 6.07) is 0. The number of nitrogen functional groups attached to an aromatic ring is 1. The van der Waals surface area contributed by atoms with Gasteiger partial charge in [0.1, 0.15) is 5.52 Å². The molecule has 2 aliphatic rings. The predicted molar refractivity (Wildman–Crippen MR) is 102 cm³/mol. The highest BCUT2D eigenvalue weighted by Gasteiger charge is 2.26. The van der Waals surface area contributed by atoms with Gasteiger partial charge in [0.25, 0.3) is 0 Å². The van der Waals surface area contributed by atoms with Crippen LogP contribution in [0.1, 0.15) is 12.8 Å². The third-order valence-electron chi connectivity index (χ3n) is 5.69. The lowest BCUT2D eigenvalue weighted by molar-refractivity contribution is 0.0364. The predicted octanol–water partition coefficient (Wildman–Crippen LogP) is -1.13. The summed E-state index contributed by atoms with van der Waals surface area (Å²) >= 11 is 0. The summed E-state index contributed by atoms with van der Waals surface area (Å²) in [5, 5.41) is 4.49. The number of fused-ring (bicyclic) bond motifs is 3. The Morgan fingerprint density at radius 2 is 1.86 bits per heavy atom. The van der Waals surface area contributed by atoms with Gasteiger partial charge < -0.3 is 10.5 Å². The molecule has 0 spiro atoms. The Hall–Kier alpha value is -2.66. The lowest BCUT2D eigenvalue weighted by atomic mass is 10.4. The van der Waals surface area contributed by atoms with Gasteiger partial charge in [-0.2, -0.15) is 4.98 Å². The molecule has 1 saturated carbocycles. The van der Waals surface area contributed by atoms with Crippen LogP contribution < -0.4 is 17.1 Å². The molecule has 5 rings (SSSR count). The number of aromatic nitrogens is 6. The number of anilines is 1. The van der Waals surface area contributed by atoms with Crippen molar-refractivity contribution in [2.24, 2.45) is 13.0 Å². The molecule has 1 aliphatic carbocycles. The Bertz CT molecular complexity index is 1160.